The van der Waals surface area contributed by atoms with Gasteiger partial charge in [-0.3, -0.25) is 9.59 Å². The molecule has 0 spiro atoms. The van der Waals surface area contributed by atoms with E-state index in [1.54, 1.807) is 0 Å². The molecule has 0 saturated heterocycles. The summed E-state index contributed by atoms with van der Waals surface area (Å²) < 4.78 is 13.5. The largest absolute Gasteiger partial charge is 0.481 e. The molecule has 2 rings (SSSR count). The molecule has 0 amide bonds. The second kappa shape index (κ2) is 4.65. The van der Waals surface area contributed by atoms with E-state index in [2.05, 4.69) is 0 Å². The number of halogens is 1. The number of carboxylic acids is 1. The molecule has 0 aromatic heterocycles. The Labute approximate surface area is 98.3 Å². The van der Waals surface area contributed by atoms with Crippen molar-refractivity contribution in [3.05, 3.63) is 35.1 Å². The molecule has 0 aliphatic heterocycles. The van der Waals surface area contributed by atoms with E-state index in [0.29, 0.717) is 12.0 Å². The second-order valence-electron chi connectivity index (χ2n) is 4.35. The maximum absolute atomic E-state index is 13.5. The van der Waals surface area contributed by atoms with E-state index < -0.39 is 11.8 Å². The summed E-state index contributed by atoms with van der Waals surface area (Å²) in [4.78, 5) is 22.2. The first kappa shape index (κ1) is 11.8. The monoisotopic (exact) mass is 236 g/mol. The van der Waals surface area contributed by atoms with Gasteiger partial charge in [0, 0.05) is 12.3 Å². The summed E-state index contributed by atoms with van der Waals surface area (Å²) in [5.74, 6) is -1.59. The number of Topliss-reactive ketones (excluding diaryl/α,β-unsaturated/α-hetero) is 1. The number of rotatable bonds is 5. The van der Waals surface area contributed by atoms with Crippen LogP contribution < -0.4 is 0 Å². The van der Waals surface area contributed by atoms with Crippen LogP contribution >= 0.6 is 0 Å². The summed E-state index contributed by atoms with van der Waals surface area (Å²) >= 11 is 0. The zero-order valence-electron chi connectivity index (χ0n) is 9.28. The van der Waals surface area contributed by atoms with Gasteiger partial charge < -0.3 is 5.11 Å². The van der Waals surface area contributed by atoms with Crippen molar-refractivity contribution in [1.29, 1.82) is 0 Å². The Balaban J connectivity index is 2.16. The van der Waals surface area contributed by atoms with Crippen LogP contribution in [0.2, 0.25) is 0 Å². The highest BCUT2D eigenvalue weighted by atomic mass is 19.1. The fourth-order valence-corrected chi connectivity index (χ4v) is 1.73. The van der Waals surface area contributed by atoms with Crippen LogP contribution in [0.4, 0.5) is 4.39 Å². The molecule has 0 atom stereocenters. The Morgan fingerprint density at radius 3 is 2.65 bits per heavy atom. The molecule has 1 aliphatic carbocycles. The van der Waals surface area contributed by atoms with Gasteiger partial charge in [-0.05, 0) is 37.0 Å². The van der Waals surface area contributed by atoms with Gasteiger partial charge in [0.1, 0.15) is 5.82 Å². The number of aliphatic carboxylic acids is 1. The molecule has 0 radical (unpaired) electrons. The van der Waals surface area contributed by atoms with Crippen molar-refractivity contribution >= 4 is 11.8 Å². The maximum atomic E-state index is 13.5. The Morgan fingerprint density at radius 2 is 2.06 bits per heavy atom. The lowest BCUT2D eigenvalue weighted by molar-refractivity contribution is -0.136. The molecular weight excluding hydrogens is 223 g/mol. The first-order valence-corrected chi connectivity index (χ1v) is 5.62. The van der Waals surface area contributed by atoms with Crippen LogP contribution in [0, 0.1) is 11.7 Å². The average molecular weight is 236 g/mol. The zero-order chi connectivity index (χ0) is 12.4. The Morgan fingerprint density at radius 1 is 1.35 bits per heavy atom. The lowest BCUT2D eigenvalue weighted by Crippen LogP contribution is -2.06. The van der Waals surface area contributed by atoms with E-state index in [9.17, 15) is 14.0 Å². The van der Waals surface area contributed by atoms with Crippen LogP contribution in [0.3, 0.4) is 0 Å². The standard InChI is InChI=1S/C13H13FO3/c14-11-5-1-8(2-6-12(15)16)7-10(11)13(17)9-3-4-9/h1,5,7,9H,2-4,6H2,(H,15,16). The summed E-state index contributed by atoms with van der Waals surface area (Å²) in [5, 5.41) is 8.57. The first-order valence-electron chi connectivity index (χ1n) is 5.62. The van der Waals surface area contributed by atoms with Gasteiger partial charge in [-0.15, -0.1) is 0 Å². The van der Waals surface area contributed by atoms with Gasteiger partial charge in [0.25, 0.3) is 0 Å². The Kier molecular flexibility index (Phi) is 3.22. The molecule has 3 nitrogen and oxygen atoms in total. The lowest BCUT2D eigenvalue weighted by atomic mass is 10.0. The molecule has 0 bridgehead atoms. The van der Waals surface area contributed by atoms with Crippen molar-refractivity contribution in [3.8, 4) is 0 Å². The second-order valence-corrected chi connectivity index (χ2v) is 4.35. The van der Waals surface area contributed by atoms with Crippen LogP contribution in [0.25, 0.3) is 0 Å². The predicted molar refractivity (Wildman–Crippen MR) is 59.4 cm³/mol. The summed E-state index contributed by atoms with van der Waals surface area (Å²) in [5.41, 5.74) is 0.799. The van der Waals surface area contributed by atoms with E-state index in [4.69, 9.17) is 5.11 Å². The number of hydrogen-bond acceptors (Lipinski definition) is 2. The molecule has 17 heavy (non-hydrogen) atoms. The first-order chi connectivity index (χ1) is 8.08. The third-order valence-electron chi connectivity index (χ3n) is 2.87. The summed E-state index contributed by atoms with van der Waals surface area (Å²) in [6.07, 6.45) is 1.97. The van der Waals surface area contributed by atoms with Gasteiger partial charge in [-0.2, -0.15) is 0 Å². The number of ketones is 1. The van der Waals surface area contributed by atoms with Crippen LogP contribution in [-0.4, -0.2) is 16.9 Å². The molecule has 1 saturated carbocycles. The topological polar surface area (TPSA) is 54.4 Å². The fraction of sp³-hybridized carbons (Fsp3) is 0.385. The highest BCUT2D eigenvalue weighted by molar-refractivity contribution is 5.99. The van der Waals surface area contributed by atoms with Crippen molar-refractivity contribution in [2.24, 2.45) is 5.92 Å². The maximum Gasteiger partial charge on any atom is 0.303 e. The van der Waals surface area contributed by atoms with E-state index in [1.165, 1.54) is 18.2 Å². The molecule has 0 heterocycles. The minimum Gasteiger partial charge on any atom is -0.481 e. The third-order valence-corrected chi connectivity index (χ3v) is 2.87. The molecule has 1 aromatic carbocycles. The van der Waals surface area contributed by atoms with E-state index in [0.717, 1.165) is 12.8 Å². The SMILES string of the molecule is O=C(O)CCc1ccc(F)c(C(=O)C2CC2)c1. The minimum atomic E-state index is -0.899. The number of aryl methyl sites for hydroxylation is 1. The van der Waals surface area contributed by atoms with Crippen molar-refractivity contribution in [3.63, 3.8) is 0 Å². The molecule has 0 unspecified atom stereocenters. The van der Waals surface area contributed by atoms with Gasteiger partial charge in [0.2, 0.25) is 0 Å². The highest BCUT2D eigenvalue weighted by Gasteiger charge is 2.31. The predicted octanol–water partition coefficient (Wildman–Crippen LogP) is 2.44. The number of carbonyl (C=O) groups excluding carboxylic acids is 1. The normalized spacial score (nSPS) is 14.6. The zero-order valence-corrected chi connectivity index (χ0v) is 9.28. The van der Waals surface area contributed by atoms with Crippen LogP contribution in [0.5, 0.6) is 0 Å². The van der Waals surface area contributed by atoms with Crippen molar-refractivity contribution < 1.29 is 19.1 Å². The molecule has 1 aliphatic rings. The number of carbonyl (C=O) groups is 2. The van der Waals surface area contributed by atoms with Crippen LogP contribution in [-0.2, 0) is 11.2 Å². The molecule has 4 heteroatoms. The Hall–Kier alpha value is -1.71. The quantitative estimate of drug-likeness (QED) is 0.799. The third kappa shape index (κ3) is 2.90. The number of benzene rings is 1. The molecule has 1 aromatic rings. The minimum absolute atomic E-state index is 0.0112. The van der Waals surface area contributed by atoms with Gasteiger partial charge in [-0.1, -0.05) is 6.07 Å². The van der Waals surface area contributed by atoms with Crippen molar-refractivity contribution in [2.45, 2.75) is 25.7 Å². The number of hydrogen-bond donors (Lipinski definition) is 1. The van der Waals surface area contributed by atoms with Gasteiger partial charge in [0.05, 0.1) is 5.56 Å². The smallest absolute Gasteiger partial charge is 0.303 e. The van der Waals surface area contributed by atoms with Crippen molar-refractivity contribution in [1.82, 2.24) is 0 Å². The van der Waals surface area contributed by atoms with Gasteiger partial charge >= 0.3 is 5.97 Å². The lowest BCUT2D eigenvalue weighted by Gasteiger charge is -2.04. The summed E-state index contributed by atoms with van der Waals surface area (Å²) in [6.45, 7) is 0. The summed E-state index contributed by atoms with van der Waals surface area (Å²) in [7, 11) is 0. The van der Waals surface area contributed by atoms with E-state index in [-0.39, 0.29) is 23.7 Å². The molecule has 1 fully saturated rings. The highest BCUT2D eigenvalue weighted by Crippen LogP contribution is 2.33. The number of carboxylic acid groups (broad SMARTS) is 1. The summed E-state index contributed by atoms with van der Waals surface area (Å²) in [6, 6.07) is 4.26. The molecular formula is C13H13FO3. The molecule has 1 N–H and O–H groups in total. The van der Waals surface area contributed by atoms with Crippen LogP contribution in [0.1, 0.15) is 35.2 Å². The van der Waals surface area contributed by atoms with Crippen molar-refractivity contribution in [2.75, 3.05) is 0 Å². The average Bonchev–Trinajstić information content (AvgIpc) is 3.10. The fourth-order valence-electron chi connectivity index (χ4n) is 1.73. The van der Waals surface area contributed by atoms with E-state index in [1.807, 2.05) is 0 Å². The Bertz CT molecular complexity index is 464. The van der Waals surface area contributed by atoms with Gasteiger partial charge in [0.15, 0.2) is 5.78 Å². The van der Waals surface area contributed by atoms with Gasteiger partial charge in [-0.25, -0.2) is 4.39 Å². The van der Waals surface area contributed by atoms with E-state index >= 15 is 0 Å². The van der Waals surface area contributed by atoms with Crippen LogP contribution in [0.15, 0.2) is 18.2 Å². The molecule has 90 valence electrons.